The van der Waals surface area contributed by atoms with E-state index in [0.29, 0.717) is 0 Å². The van der Waals surface area contributed by atoms with Crippen molar-refractivity contribution in [3.63, 3.8) is 0 Å². The second kappa shape index (κ2) is 4.61. The van der Waals surface area contributed by atoms with E-state index in [4.69, 9.17) is 20.0 Å². The fraction of sp³-hybridized carbons (Fsp3) is 0. The highest BCUT2D eigenvalue weighted by atomic mass is 17.0. The van der Waals surface area contributed by atoms with Gasteiger partial charge in [-0.15, -0.1) is 4.84 Å². The summed E-state index contributed by atoms with van der Waals surface area (Å²) in [6.07, 6.45) is 0.946. The average molecular weight is 225 g/mol. The SMILES string of the molecule is N#C/C(=C/c1ccc(O[N+](=O)O)o1)C(=O)O. The minimum absolute atomic E-state index is 0.00389. The smallest absolute Gasteiger partial charge is 0.477 e. The van der Waals surface area contributed by atoms with Crippen LogP contribution in [0.3, 0.4) is 0 Å². The van der Waals surface area contributed by atoms with Crippen LogP contribution in [0.25, 0.3) is 6.08 Å². The van der Waals surface area contributed by atoms with Crippen LogP contribution in [-0.2, 0) is 4.79 Å². The highest BCUT2D eigenvalue weighted by Crippen LogP contribution is 2.18. The highest BCUT2D eigenvalue weighted by molar-refractivity contribution is 5.96. The monoisotopic (exact) mass is 225 g/mol. The number of carboxylic acid groups (broad SMARTS) is 1. The molecule has 0 bridgehead atoms. The van der Waals surface area contributed by atoms with E-state index in [9.17, 15) is 9.70 Å². The molecular weight excluding hydrogens is 220 g/mol. The fourth-order valence-corrected chi connectivity index (χ4v) is 0.822. The lowest BCUT2D eigenvalue weighted by Gasteiger charge is -1.87. The predicted molar refractivity (Wildman–Crippen MR) is 46.0 cm³/mol. The number of rotatable bonds is 4. The quantitative estimate of drug-likeness (QED) is 0.439. The summed E-state index contributed by atoms with van der Waals surface area (Å²) in [7, 11) is 0. The molecule has 2 N–H and O–H groups in total. The lowest BCUT2D eigenvalue weighted by molar-refractivity contribution is -0.947. The Labute approximate surface area is 88.1 Å². The first-order valence-corrected chi connectivity index (χ1v) is 3.82. The van der Waals surface area contributed by atoms with Crippen molar-refractivity contribution in [3.05, 3.63) is 28.4 Å². The third-order valence-electron chi connectivity index (χ3n) is 1.41. The van der Waals surface area contributed by atoms with Gasteiger partial charge in [-0.1, -0.05) is 0 Å². The minimum atomic E-state index is -1.41. The predicted octanol–water partition coefficient (Wildman–Crippen LogP) is 0.733. The molecule has 8 heteroatoms. The summed E-state index contributed by atoms with van der Waals surface area (Å²) < 4.78 is 4.76. The number of hydrogen-bond donors (Lipinski definition) is 2. The number of nitrogens with zero attached hydrogens (tertiary/aromatic N) is 2. The Bertz CT molecular complexity index is 495. The number of furan rings is 1. The van der Waals surface area contributed by atoms with Crippen molar-refractivity contribution in [2.45, 2.75) is 0 Å². The van der Waals surface area contributed by atoms with Gasteiger partial charge >= 0.3 is 17.0 Å². The molecule has 0 amide bonds. The van der Waals surface area contributed by atoms with Crippen molar-refractivity contribution in [2.24, 2.45) is 0 Å². The summed E-state index contributed by atoms with van der Waals surface area (Å²) in [5.74, 6) is -1.75. The van der Waals surface area contributed by atoms with Crippen LogP contribution in [0.15, 0.2) is 22.1 Å². The number of carboxylic acids is 1. The van der Waals surface area contributed by atoms with E-state index >= 15 is 0 Å². The second-order valence-electron chi connectivity index (χ2n) is 2.46. The zero-order valence-corrected chi connectivity index (χ0v) is 7.65. The Morgan fingerprint density at radius 1 is 1.62 bits per heavy atom. The molecule has 0 aromatic carbocycles. The Morgan fingerprint density at radius 2 is 2.31 bits per heavy atom. The molecule has 0 aliphatic carbocycles. The average Bonchev–Trinajstić information content (AvgIpc) is 2.60. The summed E-state index contributed by atoms with van der Waals surface area (Å²) >= 11 is 0. The van der Waals surface area contributed by atoms with Gasteiger partial charge in [0.05, 0.1) is 0 Å². The first-order chi connectivity index (χ1) is 7.52. The van der Waals surface area contributed by atoms with Gasteiger partial charge in [0.15, 0.2) is 0 Å². The Kier molecular flexibility index (Phi) is 3.24. The molecule has 1 rings (SSSR count). The van der Waals surface area contributed by atoms with Gasteiger partial charge in [-0.05, 0) is 6.07 Å². The van der Waals surface area contributed by atoms with Crippen LogP contribution >= 0.6 is 0 Å². The maximum Gasteiger partial charge on any atom is 0.484 e. The molecular formula is C8H5N2O6+. The summed E-state index contributed by atoms with van der Waals surface area (Å²) in [6, 6.07) is 3.87. The van der Waals surface area contributed by atoms with Crippen LogP contribution in [0.1, 0.15) is 5.76 Å². The van der Waals surface area contributed by atoms with Crippen molar-refractivity contribution < 1.29 is 29.4 Å². The number of nitriles is 1. The van der Waals surface area contributed by atoms with Gasteiger partial charge in [0, 0.05) is 12.1 Å². The molecule has 82 valence electrons. The Hall–Kier alpha value is -2.82. The number of aliphatic carboxylic acids is 1. The van der Waals surface area contributed by atoms with E-state index in [-0.39, 0.29) is 11.7 Å². The molecule has 16 heavy (non-hydrogen) atoms. The van der Waals surface area contributed by atoms with Crippen LogP contribution < -0.4 is 4.84 Å². The Morgan fingerprint density at radius 3 is 2.81 bits per heavy atom. The zero-order chi connectivity index (χ0) is 12.1. The molecule has 0 fully saturated rings. The molecule has 1 heterocycles. The van der Waals surface area contributed by atoms with Gasteiger partial charge in [-0.2, -0.15) is 10.5 Å². The van der Waals surface area contributed by atoms with E-state index in [2.05, 4.69) is 4.84 Å². The molecule has 0 unspecified atom stereocenters. The van der Waals surface area contributed by atoms with Crippen LogP contribution in [0.4, 0.5) is 0 Å². The summed E-state index contributed by atoms with van der Waals surface area (Å²) in [4.78, 5) is 24.6. The summed E-state index contributed by atoms with van der Waals surface area (Å²) in [5.41, 5.74) is -0.538. The molecule has 0 spiro atoms. The minimum Gasteiger partial charge on any atom is -0.477 e. The first-order valence-electron chi connectivity index (χ1n) is 3.82. The second-order valence-corrected chi connectivity index (χ2v) is 2.46. The van der Waals surface area contributed by atoms with Gasteiger partial charge in [-0.3, -0.25) is 0 Å². The van der Waals surface area contributed by atoms with Gasteiger partial charge in [-0.25, -0.2) is 4.79 Å². The highest BCUT2D eigenvalue weighted by Gasteiger charge is 2.14. The van der Waals surface area contributed by atoms with Crippen LogP contribution in [0, 0.1) is 16.2 Å². The molecule has 1 aromatic heterocycles. The molecule has 0 atom stereocenters. The fourth-order valence-electron chi connectivity index (χ4n) is 0.822. The normalized spacial score (nSPS) is 10.6. The van der Waals surface area contributed by atoms with Crippen molar-refractivity contribution >= 4 is 12.0 Å². The molecule has 8 nitrogen and oxygen atoms in total. The molecule has 0 aliphatic heterocycles. The van der Waals surface area contributed by atoms with Gasteiger partial charge < -0.3 is 9.52 Å². The van der Waals surface area contributed by atoms with E-state index in [1.807, 2.05) is 0 Å². The number of hydrogen-bond acceptors (Lipinski definition) is 5. The maximum absolute atomic E-state index is 10.5. The van der Waals surface area contributed by atoms with Crippen LogP contribution in [0.5, 0.6) is 5.95 Å². The molecule has 0 saturated heterocycles. The van der Waals surface area contributed by atoms with Gasteiger partial charge in [0.1, 0.15) is 22.3 Å². The zero-order valence-electron chi connectivity index (χ0n) is 7.65. The van der Waals surface area contributed by atoms with Crippen molar-refractivity contribution in [2.75, 3.05) is 0 Å². The van der Waals surface area contributed by atoms with E-state index in [1.165, 1.54) is 18.2 Å². The van der Waals surface area contributed by atoms with Crippen molar-refractivity contribution in [1.29, 1.82) is 5.26 Å². The largest absolute Gasteiger partial charge is 0.484 e. The maximum atomic E-state index is 10.5. The number of carbonyl (C=O) groups is 1. The van der Waals surface area contributed by atoms with Crippen molar-refractivity contribution in [1.82, 2.24) is 0 Å². The third-order valence-corrected chi connectivity index (χ3v) is 1.41. The standard InChI is InChI=1S/C8H4N2O6/c9-4-5(8(11)12)3-6-1-2-7(15-6)16-10(13)14/h1-3H,(H-,11,12,13,14)/p+1/b5-3-. The lowest BCUT2D eigenvalue weighted by atomic mass is 10.2. The van der Waals surface area contributed by atoms with Gasteiger partial charge in [0.2, 0.25) is 0 Å². The van der Waals surface area contributed by atoms with E-state index in [0.717, 1.165) is 6.08 Å². The van der Waals surface area contributed by atoms with Crippen molar-refractivity contribution in [3.8, 4) is 12.0 Å². The molecule has 0 saturated carbocycles. The molecule has 0 radical (unpaired) electrons. The van der Waals surface area contributed by atoms with Crippen LogP contribution in [0.2, 0.25) is 0 Å². The lowest BCUT2D eigenvalue weighted by Crippen LogP contribution is -2.05. The molecule has 0 aliphatic rings. The van der Waals surface area contributed by atoms with Gasteiger partial charge in [0.25, 0.3) is 0 Å². The van der Waals surface area contributed by atoms with E-state index < -0.39 is 16.6 Å². The third kappa shape index (κ3) is 2.85. The topological polar surface area (TPSA) is 124 Å². The first kappa shape index (κ1) is 11.3. The Balaban J connectivity index is 2.91. The summed E-state index contributed by atoms with van der Waals surface area (Å²) in [5, 5.41) is 24.3. The van der Waals surface area contributed by atoms with E-state index in [1.54, 1.807) is 0 Å². The molecule has 1 aromatic rings. The summed E-state index contributed by atoms with van der Waals surface area (Å²) in [6.45, 7) is 0. The van der Waals surface area contributed by atoms with Crippen LogP contribution in [-0.4, -0.2) is 21.4 Å².